The minimum atomic E-state index is -0.737. The molecular formula is C22H24N4O3. The van der Waals surface area contributed by atoms with Gasteiger partial charge < -0.3 is 9.63 Å². The first-order valence-electron chi connectivity index (χ1n) is 9.82. The summed E-state index contributed by atoms with van der Waals surface area (Å²) in [4.78, 5) is 22.1. The Labute approximate surface area is 169 Å². The maximum absolute atomic E-state index is 10.9. The summed E-state index contributed by atoms with van der Waals surface area (Å²) in [5.41, 5.74) is 3.67. The molecule has 1 aromatic carbocycles. The van der Waals surface area contributed by atoms with E-state index in [-0.39, 0.29) is 5.92 Å². The van der Waals surface area contributed by atoms with Crippen molar-refractivity contribution in [2.24, 2.45) is 11.8 Å². The van der Waals surface area contributed by atoms with Crippen LogP contribution >= 0.6 is 0 Å². The molecule has 1 aliphatic rings. The van der Waals surface area contributed by atoms with Crippen LogP contribution in [0.4, 0.5) is 0 Å². The van der Waals surface area contributed by atoms with Crippen LogP contribution in [0.2, 0.25) is 0 Å². The van der Waals surface area contributed by atoms with Crippen LogP contribution in [0.25, 0.3) is 23.0 Å². The number of pyridine rings is 1. The van der Waals surface area contributed by atoms with Gasteiger partial charge in [0.1, 0.15) is 5.69 Å². The molecule has 0 spiro atoms. The van der Waals surface area contributed by atoms with E-state index in [2.05, 4.69) is 46.0 Å². The molecule has 3 aromatic rings. The van der Waals surface area contributed by atoms with Gasteiger partial charge in [-0.05, 0) is 42.2 Å². The third-order valence-electron chi connectivity index (χ3n) is 5.00. The number of aromatic nitrogens is 3. The molecule has 1 saturated heterocycles. The van der Waals surface area contributed by atoms with Crippen molar-refractivity contribution in [1.29, 1.82) is 0 Å². The van der Waals surface area contributed by atoms with Crippen molar-refractivity contribution in [2.45, 2.75) is 26.8 Å². The summed E-state index contributed by atoms with van der Waals surface area (Å²) in [6.07, 6.45) is 1.04. The fourth-order valence-electron chi connectivity index (χ4n) is 3.48. The van der Waals surface area contributed by atoms with Crippen LogP contribution in [0, 0.1) is 11.8 Å². The Morgan fingerprint density at radius 3 is 2.62 bits per heavy atom. The van der Waals surface area contributed by atoms with Crippen LogP contribution in [0.15, 0.2) is 47.0 Å². The number of carbonyl (C=O) groups is 1. The summed E-state index contributed by atoms with van der Waals surface area (Å²) < 4.78 is 5.44. The average molecular weight is 392 g/mol. The molecule has 150 valence electrons. The summed E-state index contributed by atoms with van der Waals surface area (Å²) in [6.45, 7) is 6.12. The Bertz CT molecular complexity index is 991. The molecule has 0 unspecified atom stereocenters. The maximum atomic E-state index is 10.9. The predicted molar refractivity (Wildman–Crippen MR) is 108 cm³/mol. The number of carboxylic acid groups (broad SMARTS) is 1. The van der Waals surface area contributed by atoms with Crippen LogP contribution in [-0.2, 0) is 17.8 Å². The monoisotopic (exact) mass is 392 g/mol. The molecule has 2 aromatic heterocycles. The van der Waals surface area contributed by atoms with Gasteiger partial charge in [-0.1, -0.05) is 37.2 Å². The molecule has 3 heterocycles. The van der Waals surface area contributed by atoms with E-state index in [4.69, 9.17) is 9.63 Å². The number of aliphatic carboxylic acids is 1. The van der Waals surface area contributed by atoms with Crippen molar-refractivity contribution >= 4 is 5.97 Å². The van der Waals surface area contributed by atoms with Crippen LogP contribution < -0.4 is 0 Å². The van der Waals surface area contributed by atoms with Gasteiger partial charge >= 0.3 is 5.97 Å². The second kappa shape index (κ2) is 8.13. The van der Waals surface area contributed by atoms with Crippen molar-refractivity contribution < 1.29 is 14.4 Å². The Morgan fingerprint density at radius 2 is 1.93 bits per heavy atom. The zero-order valence-corrected chi connectivity index (χ0v) is 16.6. The summed E-state index contributed by atoms with van der Waals surface area (Å²) in [5, 5.41) is 13.1. The van der Waals surface area contributed by atoms with E-state index in [0.717, 1.165) is 17.7 Å². The number of nitrogens with zero attached hydrogens (tertiary/aromatic N) is 4. The highest BCUT2D eigenvalue weighted by atomic mass is 16.5. The second-order valence-electron chi connectivity index (χ2n) is 7.96. The van der Waals surface area contributed by atoms with E-state index >= 15 is 0 Å². The molecule has 7 nitrogen and oxygen atoms in total. The SMILES string of the molecule is CC(C)Cc1ccc(-c2nc(-c3cccc(CN4CC(C(=O)O)C4)n3)no2)cc1. The number of carboxylic acids is 1. The van der Waals surface area contributed by atoms with Gasteiger partial charge in [0.2, 0.25) is 5.82 Å². The van der Waals surface area contributed by atoms with Gasteiger partial charge in [-0.2, -0.15) is 4.98 Å². The fourth-order valence-corrected chi connectivity index (χ4v) is 3.48. The molecule has 29 heavy (non-hydrogen) atoms. The molecule has 1 N–H and O–H groups in total. The molecular weight excluding hydrogens is 368 g/mol. The Kier molecular flexibility index (Phi) is 5.40. The minimum absolute atomic E-state index is 0.273. The molecule has 0 radical (unpaired) electrons. The fraction of sp³-hybridized carbons (Fsp3) is 0.364. The largest absolute Gasteiger partial charge is 0.481 e. The van der Waals surface area contributed by atoms with E-state index < -0.39 is 5.97 Å². The van der Waals surface area contributed by atoms with E-state index in [0.29, 0.717) is 43.0 Å². The molecule has 0 saturated carbocycles. The first-order chi connectivity index (χ1) is 14.0. The van der Waals surface area contributed by atoms with Crippen LogP contribution in [0.3, 0.4) is 0 Å². The minimum Gasteiger partial charge on any atom is -0.481 e. The van der Waals surface area contributed by atoms with Gasteiger partial charge in [0.25, 0.3) is 5.89 Å². The van der Waals surface area contributed by atoms with E-state index in [1.54, 1.807) is 0 Å². The summed E-state index contributed by atoms with van der Waals surface area (Å²) in [5.74, 6) is 0.514. The van der Waals surface area contributed by atoms with Crippen LogP contribution in [0.1, 0.15) is 25.1 Å². The molecule has 1 aliphatic heterocycles. The van der Waals surface area contributed by atoms with Crippen molar-refractivity contribution in [3.8, 4) is 23.0 Å². The Balaban J connectivity index is 1.45. The highest BCUT2D eigenvalue weighted by molar-refractivity contribution is 5.71. The molecule has 4 rings (SSSR count). The molecule has 7 heteroatoms. The smallest absolute Gasteiger partial charge is 0.309 e. The van der Waals surface area contributed by atoms with Crippen molar-refractivity contribution in [1.82, 2.24) is 20.0 Å². The number of hydrogen-bond donors (Lipinski definition) is 1. The topological polar surface area (TPSA) is 92.4 Å². The Hall–Kier alpha value is -3.06. The zero-order chi connectivity index (χ0) is 20.4. The third-order valence-corrected chi connectivity index (χ3v) is 5.00. The Morgan fingerprint density at radius 1 is 1.17 bits per heavy atom. The summed E-state index contributed by atoms with van der Waals surface area (Å²) >= 11 is 0. The summed E-state index contributed by atoms with van der Waals surface area (Å²) in [7, 11) is 0. The summed E-state index contributed by atoms with van der Waals surface area (Å²) in [6, 6.07) is 13.9. The van der Waals surface area contributed by atoms with Gasteiger partial charge in [-0.3, -0.25) is 9.69 Å². The van der Waals surface area contributed by atoms with Crippen molar-refractivity contribution in [3.05, 3.63) is 53.7 Å². The van der Waals surface area contributed by atoms with Crippen molar-refractivity contribution in [3.63, 3.8) is 0 Å². The lowest BCUT2D eigenvalue weighted by Gasteiger charge is -2.36. The lowest BCUT2D eigenvalue weighted by molar-refractivity contribution is -0.147. The average Bonchev–Trinajstić information content (AvgIpc) is 3.14. The highest BCUT2D eigenvalue weighted by Gasteiger charge is 2.32. The first-order valence-corrected chi connectivity index (χ1v) is 9.82. The number of likely N-dealkylation sites (tertiary alicyclic amines) is 1. The lowest BCUT2D eigenvalue weighted by Crippen LogP contribution is -2.49. The number of benzene rings is 1. The standard InChI is InChI=1S/C22H24N4O3/c1-14(2)10-15-6-8-16(9-7-15)21-24-20(25-29-21)19-5-3-4-18(23-19)13-26-11-17(12-26)22(27)28/h3-9,14,17H,10-13H2,1-2H3,(H,27,28). The normalized spacial score (nSPS) is 14.9. The van der Waals surface area contributed by atoms with Gasteiger partial charge in [-0.25, -0.2) is 4.98 Å². The van der Waals surface area contributed by atoms with E-state index in [1.807, 2.05) is 30.3 Å². The van der Waals surface area contributed by atoms with Crippen LogP contribution in [-0.4, -0.2) is 44.2 Å². The van der Waals surface area contributed by atoms with Gasteiger partial charge in [-0.15, -0.1) is 0 Å². The third kappa shape index (κ3) is 4.51. The van der Waals surface area contributed by atoms with Gasteiger partial charge in [0.05, 0.1) is 11.6 Å². The van der Waals surface area contributed by atoms with Gasteiger partial charge in [0.15, 0.2) is 0 Å². The van der Waals surface area contributed by atoms with E-state index in [9.17, 15) is 4.79 Å². The maximum Gasteiger partial charge on any atom is 0.309 e. The van der Waals surface area contributed by atoms with Gasteiger partial charge in [0, 0.05) is 25.2 Å². The molecule has 0 bridgehead atoms. The number of hydrogen-bond acceptors (Lipinski definition) is 6. The number of rotatable bonds is 7. The van der Waals surface area contributed by atoms with Crippen LogP contribution in [0.5, 0.6) is 0 Å². The molecule has 0 aliphatic carbocycles. The second-order valence-corrected chi connectivity index (χ2v) is 7.96. The molecule has 0 atom stereocenters. The quantitative estimate of drug-likeness (QED) is 0.658. The van der Waals surface area contributed by atoms with E-state index in [1.165, 1.54) is 5.56 Å². The highest BCUT2D eigenvalue weighted by Crippen LogP contribution is 2.23. The predicted octanol–water partition coefficient (Wildman–Crippen LogP) is 3.51. The zero-order valence-electron chi connectivity index (χ0n) is 16.6. The molecule has 1 fully saturated rings. The first kappa shape index (κ1) is 19.3. The van der Waals surface area contributed by atoms with Crippen molar-refractivity contribution in [2.75, 3.05) is 13.1 Å². The molecule has 0 amide bonds. The lowest BCUT2D eigenvalue weighted by atomic mass is 10.0.